The Bertz CT molecular complexity index is 93.8. The van der Waals surface area contributed by atoms with Gasteiger partial charge in [0.05, 0.1) is 0 Å². The van der Waals surface area contributed by atoms with Gasteiger partial charge in [0.1, 0.15) is 0 Å². The fourth-order valence-corrected chi connectivity index (χ4v) is 1.15. The van der Waals surface area contributed by atoms with Crippen LogP contribution in [0.15, 0.2) is 0 Å². The number of halogens is 1. The van der Waals surface area contributed by atoms with Gasteiger partial charge in [0.15, 0.2) is 0 Å². The second-order valence-electron chi connectivity index (χ2n) is 3.74. The number of rotatable bonds is 7. The van der Waals surface area contributed by atoms with Crippen molar-refractivity contribution in [1.82, 2.24) is 5.32 Å². The van der Waals surface area contributed by atoms with E-state index in [-0.39, 0.29) is 0 Å². The highest BCUT2D eigenvalue weighted by atomic mass is 35.5. The summed E-state index contributed by atoms with van der Waals surface area (Å²) < 4.78 is 0. The zero-order chi connectivity index (χ0) is 9.40. The average molecular weight is 192 g/mol. The fraction of sp³-hybridized carbons (Fsp3) is 1.00. The quantitative estimate of drug-likeness (QED) is 0.482. The zero-order valence-corrected chi connectivity index (χ0v) is 9.32. The van der Waals surface area contributed by atoms with Crippen LogP contribution in [0, 0.1) is 5.92 Å². The predicted molar refractivity (Wildman–Crippen MR) is 56.9 cm³/mol. The van der Waals surface area contributed by atoms with Gasteiger partial charge in [-0.15, -0.1) is 11.6 Å². The lowest BCUT2D eigenvalue weighted by Crippen LogP contribution is -2.31. The van der Waals surface area contributed by atoms with E-state index in [1.54, 1.807) is 0 Å². The van der Waals surface area contributed by atoms with Gasteiger partial charge in [0.2, 0.25) is 0 Å². The molecule has 74 valence electrons. The van der Waals surface area contributed by atoms with Gasteiger partial charge in [-0.25, -0.2) is 0 Å². The van der Waals surface area contributed by atoms with E-state index < -0.39 is 0 Å². The number of unbranched alkanes of at least 4 members (excludes halogenated alkanes) is 2. The Morgan fingerprint density at radius 1 is 1.08 bits per heavy atom. The van der Waals surface area contributed by atoms with Crippen molar-refractivity contribution in [3.8, 4) is 0 Å². The van der Waals surface area contributed by atoms with Crippen molar-refractivity contribution in [3.05, 3.63) is 0 Å². The van der Waals surface area contributed by atoms with Gasteiger partial charge in [-0.05, 0) is 32.2 Å². The molecule has 1 nitrogen and oxygen atoms in total. The molecule has 0 aromatic rings. The van der Waals surface area contributed by atoms with E-state index in [0.29, 0.717) is 6.04 Å². The van der Waals surface area contributed by atoms with Crippen LogP contribution < -0.4 is 5.32 Å². The van der Waals surface area contributed by atoms with Crippen LogP contribution in [0.5, 0.6) is 0 Å². The first-order valence-electron chi connectivity index (χ1n) is 4.97. The van der Waals surface area contributed by atoms with E-state index in [9.17, 15) is 0 Å². The highest BCUT2D eigenvalue weighted by Crippen LogP contribution is 2.01. The maximum absolute atomic E-state index is 5.57. The molecule has 2 heteroatoms. The molecule has 0 aliphatic rings. The molecule has 0 rings (SSSR count). The minimum absolute atomic E-state index is 0.640. The van der Waals surface area contributed by atoms with Crippen LogP contribution in [-0.4, -0.2) is 18.5 Å². The van der Waals surface area contributed by atoms with Gasteiger partial charge in [-0.2, -0.15) is 0 Å². The summed E-state index contributed by atoms with van der Waals surface area (Å²) in [5.74, 6) is 1.54. The molecule has 0 aliphatic heterocycles. The first kappa shape index (κ1) is 12.2. The molecule has 0 aromatic heterocycles. The Morgan fingerprint density at radius 3 is 2.25 bits per heavy atom. The SMILES string of the molecule is CC(C)C(C)NCCCCCCl. The predicted octanol–water partition coefficient (Wildman–Crippen LogP) is 3.03. The molecule has 1 unspecified atom stereocenters. The molecule has 0 spiro atoms. The van der Waals surface area contributed by atoms with E-state index in [1.165, 1.54) is 12.8 Å². The maximum Gasteiger partial charge on any atom is 0.0223 e. The molecular formula is C10H22ClN. The topological polar surface area (TPSA) is 12.0 Å². The van der Waals surface area contributed by atoms with E-state index in [0.717, 1.165) is 24.8 Å². The largest absolute Gasteiger partial charge is 0.314 e. The first-order chi connectivity index (χ1) is 5.68. The third-order valence-electron chi connectivity index (χ3n) is 2.28. The van der Waals surface area contributed by atoms with Gasteiger partial charge >= 0.3 is 0 Å². The summed E-state index contributed by atoms with van der Waals surface area (Å²) in [4.78, 5) is 0. The molecular weight excluding hydrogens is 170 g/mol. The molecule has 0 saturated carbocycles. The highest BCUT2D eigenvalue weighted by molar-refractivity contribution is 6.17. The fourth-order valence-electron chi connectivity index (χ4n) is 0.962. The smallest absolute Gasteiger partial charge is 0.0223 e. The summed E-state index contributed by atoms with van der Waals surface area (Å²) in [6.45, 7) is 7.87. The number of nitrogens with one attached hydrogen (secondary N) is 1. The first-order valence-corrected chi connectivity index (χ1v) is 5.51. The standard InChI is InChI=1S/C10H22ClN/c1-9(2)10(3)12-8-6-4-5-7-11/h9-10,12H,4-8H2,1-3H3. The number of alkyl halides is 1. The summed E-state index contributed by atoms with van der Waals surface area (Å²) in [5.41, 5.74) is 0. The van der Waals surface area contributed by atoms with Gasteiger partial charge < -0.3 is 5.32 Å². The lowest BCUT2D eigenvalue weighted by molar-refractivity contribution is 0.421. The maximum atomic E-state index is 5.57. The summed E-state index contributed by atoms with van der Waals surface area (Å²) in [6, 6.07) is 0.640. The third-order valence-corrected chi connectivity index (χ3v) is 2.54. The molecule has 0 amide bonds. The van der Waals surface area contributed by atoms with Crippen molar-refractivity contribution in [3.63, 3.8) is 0 Å². The van der Waals surface area contributed by atoms with Crippen molar-refractivity contribution in [2.75, 3.05) is 12.4 Å². The van der Waals surface area contributed by atoms with Gasteiger partial charge in [0.25, 0.3) is 0 Å². The second-order valence-corrected chi connectivity index (χ2v) is 4.11. The van der Waals surface area contributed by atoms with Crippen molar-refractivity contribution >= 4 is 11.6 Å². The molecule has 1 N–H and O–H groups in total. The minimum Gasteiger partial charge on any atom is -0.314 e. The lowest BCUT2D eigenvalue weighted by Gasteiger charge is -2.16. The van der Waals surface area contributed by atoms with Crippen molar-refractivity contribution in [1.29, 1.82) is 0 Å². The van der Waals surface area contributed by atoms with Crippen LogP contribution >= 0.6 is 11.6 Å². The van der Waals surface area contributed by atoms with Crippen molar-refractivity contribution in [2.24, 2.45) is 5.92 Å². The number of hydrogen-bond acceptors (Lipinski definition) is 1. The molecule has 0 heterocycles. The monoisotopic (exact) mass is 191 g/mol. The summed E-state index contributed by atoms with van der Waals surface area (Å²) in [5, 5.41) is 3.50. The van der Waals surface area contributed by atoms with Crippen LogP contribution in [0.4, 0.5) is 0 Å². The van der Waals surface area contributed by atoms with E-state index in [1.807, 2.05) is 0 Å². The minimum atomic E-state index is 0.640. The van der Waals surface area contributed by atoms with Crippen molar-refractivity contribution in [2.45, 2.75) is 46.1 Å². The average Bonchev–Trinajstić information content (AvgIpc) is 2.03. The molecule has 1 atom stereocenters. The van der Waals surface area contributed by atoms with E-state index >= 15 is 0 Å². The Kier molecular flexibility index (Phi) is 8.04. The Hall–Kier alpha value is 0.250. The van der Waals surface area contributed by atoms with Gasteiger partial charge in [-0.3, -0.25) is 0 Å². The third kappa shape index (κ3) is 6.93. The van der Waals surface area contributed by atoms with Gasteiger partial charge in [0, 0.05) is 11.9 Å². The van der Waals surface area contributed by atoms with Crippen LogP contribution in [0.3, 0.4) is 0 Å². The van der Waals surface area contributed by atoms with Crippen LogP contribution in [0.2, 0.25) is 0 Å². The summed E-state index contributed by atoms with van der Waals surface area (Å²) in [7, 11) is 0. The molecule has 0 aliphatic carbocycles. The van der Waals surface area contributed by atoms with Crippen LogP contribution in [0.25, 0.3) is 0 Å². The molecule has 0 radical (unpaired) electrons. The van der Waals surface area contributed by atoms with Gasteiger partial charge in [-0.1, -0.05) is 20.3 Å². The Labute approximate surface area is 81.9 Å². The van der Waals surface area contributed by atoms with Crippen molar-refractivity contribution < 1.29 is 0 Å². The molecule has 0 fully saturated rings. The zero-order valence-electron chi connectivity index (χ0n) is 8.57. The molecule has 0 bridgehead atoms. The van der Waals surface area contributed by atoms with E-state index in [2.05, 4.69) is 26.1 Å². The molecule has 12 heavy (non-hydrogen) atoms. The molecule has 0 aromatic carbocycles. The molecule has 0 saturated heterocycles. The van der Waals surface area contributed by atoms with E-state index in [4.69, 9.17) is 11.6 Å². The normalized spacial score (nSPS) is 13.8. The number of hydrogen-bond donors (Lipinski definition) is 1. The summed E-state index contributed by atoms with van der Waals surface area (Å²) >= 11 is 5.57. The second kappa shape index (κ2) is 7.88. The Balaban J connectivity index is 3.08. The lowest BCUT2D eigenvalue weighted by atomic mass is 10.1. The van der Waals surface area contributed by atoms with Crippen LogP contribution in [0.1, 0.15) is 40.0 Å². The highest BCUT2D eigenvalue weighted by Gasteiger charge is 2.04. The Morgan fingerprint density at radius 2 is 1.75 bits per heavy atom. The van der Waals surface area contributed by atoms with Crippen LogP contribution in [-0.2, 0) is 0 Å². The summed E-state index contributed by atoms with van der Waals surface area (Å²) in [6.07, 6.45) is 3.66.